The zero-order valence-electron chi connectivity index (χ0n) is 8.50. The van der Waals surface area contributed by atoms with Crippen molar-refractivity contribution in [3.8, 4) is 10.7 Å². The lowest BCUT2D eigenvalue weighted by atomic mass is 10.1. The fraction of sp³-hybridized carbons (Fsp3) is 0.400. The highest BCUT2D eigenvalue weighted by Gasteiger charge is 2.31. The minimum absolute atomic E-state index is 0.140. The SMILES string of the molecule is NC1CSCC1c1nc(-c2cccs2)no1. The van der Waals surface area contributed by atoms with Gasteiger partial charge in [0.25, 0.3) is 0 Å². The van der Waals surface area contributed by atoms with Crippen LogP contribution in [0.15, 0.2) is 22.0 Å². The molecule has 0 saturated carbocycles. The molecule has 2 N–H and O–H groups in total. The molecule has 2 aromatic rings. The first kappa shape index (κ1) is 10.3. The lowest BCUT2D eigenvalue weighted by molar-refractivity contribution is 0.353. The second-order valence-corrected chi connectivity index (χ2v) is 5.76. The molecule has 3 heterocycles. The predicted molar refractivity (Wildman–Crippen MR) is 65.7 cm³/mol. The Kier molecular flexibility index (Phi) is 2.70. The second kappa shape index (κ2) is 4.20. The number of nitrogens with two attached hydrogens (primary N) is 1. The van der Waals surface area contributed by atoms with Crippen LogP contribution in [0.3, 0.4) is 0 Å². The molecule has 0 aromatic carbocycles. The van der Waals surface area contributed by atoms with E-state index in [1.165, 1.54) is 0 Å². The zero-order valence-corrected chi connectivity index (χ0v) is 10.1. The van der Waals surface area contributed by atoms with Gasteiger partial charge in [-0.3, -0.25) is 0 Å². The fourth-order valence-electron chi connectivity index (χ4n) is 1.72. The van der Waals surface area contributed by atoms with E-state index in [1.54, 1.807) is 11.3 Å². The summed E-state index contributed by atoms with van der Waals surface area (Å²) in [6.45, 7) is 0. The molecule has 0 spiro atoms. The summed E-state index contributed by atoms with van der Waals surface area (Å²) >= 11 is 3.45. The normalized spacial score (nSPS) is 25.1. The van der Waals surface area contributed by atoms with Crippen molar-refractivity contribution < 1.29 is 4.52 Å². The summed E-state index contributed by atoms with van der Waals surface area (Å²) in [6, 6.07) is 4.11. The van der Waals surface area contributed by atoms with Crippen LogP contribution in [0.25, 0.3) is 10.7 Å². The highest BCUT2D eigenvalue weighted by atomic mass is 32.2. The highest BCUT2D eigenvalue weighted by Crippen LogP contribution is 2.32. The van der Waals surface area contributed by atoms with Crippen LogP contribution in [0.2, 0.25) is 0 Å². The molecule has 0 bridgehead atoms. The van der Waals surface area contributed by atoms with Crippen LogP contribution < -0.4 is 5.73 Å². The summed E-state index contributed by atoms with van der Waals surface area (Å²) in [5, 5.41) is 6.00. The number of aromatic nitrogens is 2. The van der Waals surface area contributed by atoms with Gasteiger partial charge in [0.15, 0.2) is 0 Å². The van der Waals surface area contributed by atoms with Gasteiger partial charge in [-0.15, -0.1) is 11.3 Å². The van der Waals surface area contributed by atoms with Gasteiger partial charge in [0.2, 0.25) is 11.7 Å². The average molecular weight is 253 g/mol. The lowest BCUT2D eigenvalue weighted by Gasteiger charge is -2.07. The van der Waals surface area contributed by atoms with Gasteiger partial charge in [-0.05, 0) is 11.4 Å². The molecule has 84 valence electrons. The molecule has 6 heteroatoms. The second-order valence-electron chi connectivity index (χ2n) is 3.74. The Hall–Kier alpha value is -0.850. The molecule has 4 nitrogen and oxygen atoms in total. The summed E-state index contributed by atoms with van der Waals surface area (Å²) in [6.07, 6.45) is 0. The van der Waals surface area contributed by atoms with E-state index in [-0.39, 0.29) is 12.0 Å². The molecule has 3 rings (SSSR count). The molecular weight excluding hydrogens is 242 g/mol. The van der Waals surface area contributed by atoms with E-state index in [9.17, 15) is 0 Å². The van der Waals surface area contributed by atoms with Crippen molar-refractivity contribution in [2.75, 3.05) is 11.5 Å². The van der Waals surface area contributed by atoms with Crippen molar-refractivity contribution in [2.24, 2.45) is 5.73 Å². The van der Waals surface area contributed by atoms with Crippen molar-refractivity contribution in [3.05, 3.63) is 23.4 Å². The molecule has 0 aliphatic carbocycles. The highest BCUT2D eigenvalue weighted by molar-refractivity contribution is 7.99. The molecule has 0 radical (unpaired) electrons. The zero-order chi connectivity index (χ0) is 11.0. The topological polar surface area (TPSA) is 64.9 Å². The van der Waals surface area contributed by atoms with Gasteiger partial charge >= 0.3 is 0 Å². The molecular formula is C10H11N3OS2. The van der Waals surface area contributed by atoms with Crippen molar-refractivity contribution in [2.45, 2.75) is 12.0 Å². The minimum atomic E-state index is 0.140. The van der Waals surface area contributed by atoms with Crippen molar-refractivity contribution in [1.82, 2.24) is 10.1 Å². The van der Waals surface area contributed by atoms with E-state index in [0.717, 1.165) is 16.4 Å². The molecule has 1 fully saturated rings. The molecule has 2 aromatic heterocycles. The van der Waals surface area contributed by atoms with Crippen LogP contribution in [-0.4, -0.2) is 27.7 Å². The molecule has 2 atom stereocenters. The van der Waals surface area contributed by atoms with Gasteiger partial charge in [0.1, 0.15) is 0 Å². The number of thioether (sulfide) groups is 1. The van der Waals surface area contributed by atoms with E-state index < -0.39 is 0 Å². The van der Waals surface area contributed by atoms with E-state index in [0.29, 0.717) is 11.7 Å². The molecule has 1 aliphatic heterocycles. The third-order valence-corrected chi connectivity index (χ3v) is 4.71. The predicted octanol–water partition coefficient (Wildman–Crippen LogP) is 1.96. The largest absolute Gasteiger partial charge is 0.339 e. The van der Waals surface area contributed by atoms with Gasteiger partial charge in [-0.1, -0.05) is 11.2 Å². The molecule has 0 amide bonds. The maximum Gasteiger partial charge on any atom is 0.232 e. The van der Waals surface area contributed by atoms with Crippen molar-refractivity contribution in [1.29, 1.82) is 0 Å². The molecule has 16 heavy (non-hydrogen) atoms. The van der Waals surface area contributed by atoms with Crippen LogP contribution in [0.1, 0.15) is 11.8 Å². The third-order valence-electron chi connectivity index (χ3n) is 2.63. The third kappa shape index (κ3) is 1.77. The Bertz CT molecular complexity index is 468. The van der Waals surface area contributed by atoms with Gasteiger partial charge in [-0.2, -0.15) is 16.7 Å². The number of rotatable bonds is 2. The van der Waals surface area contributed by atoms with Crippen LogP contribution >= 0.6 is 23.1 Å². The Morgan fingerprint density at radius 2 is 2.38 bits per heavy atom. The average Bonchev–Trinajstić information content (AvgIpc) is 2.96. The first-order valence-corrected chi connectivity index (χ1v) is 7.09. The first-order valence-electron chi connectivity index (χ1n) is 5.05. The van der Waals surface area contributed by atoms with E-state index >= 15 is 0 Å². The van der Waals surface area contributed by atoms with Gasteiger partial charge in [0.05, 0.1) is 10.8 Å². The van der Waals surface area contributed by atoms with E-state index in [4.69, 9.17) is 10.3 Å². The Morgan fingerprint density at radius 1 is 1.44 bits per heavy atom. The van der Waals surface area contributed by atoms with E-state index in [1.807, 2.05) is 29.3 Å². The molecule has 1 saturated heterocycles. The number of thiophene rings is 1. The number of nitrogens with zero attached hydrogens (tertiary/aromatic N) is 2. The monoisotopic (exact) mass is 253 g/mol. The Morgan fingerprint density at radius 3 is 3.06 bits per heavy atom. The summed E-state index contributed by atoms with van der Waals surface area (Å²) < 4.78 is 5.30. The quantitative estimate of drug-likeness (QED) is 0.886. The maximum atomic E-state index is 5.99. The first-order chi connectivity index (χ1) is 7.84. The van der Waals surface area contributed by atoms with Crippen LogP contribution in [0.5, 0.6) is 0 Å². The van der Waals surface area contributed by atoms with Gasteiger partial charge in [0, 0.05) is 17.5 Å². The van der Waals surface area contributed by atoms with Crippen molar-refractivity contribution in [3.63, 3.8) is 0 Å². The van der Waals surface area contributed by atoms with Crippen LogP contribution in [0, 0.1) is 0 Å². The lowest BCUT2D eigenvalue weighted by Crippen LogP contribution is -2.26. The summed E-state index contributed by atoms with van der Waals surface area (Å²) in [5.41, 5.74) is 5.99. The number of hydrogen-bond acceptors (Lipinski definition) is 6. The van der Waals surface area contributed by atoms with Gasteiger partial charge in [-0.25, -0.2) is 0 Å². The number of hydrogen-bond donors (Lipinski definition) is 1. The fourth-order valence-corrected chi connectivity index (χ4v) is 3.65. The molecule has 2 unspecified atom stereocenters. The Balaban J connectivity index is 1.88. The van der Waals surface area contributed by atoms with Crippen molar-refractivity contribution >= 4 is 23.1 Å². The molecule has 1 aliphatic rings. The Labute approximate surface area is 101 Å². The minimum Gasteiger partial charge on any atom is -0.339 e. The van der Waals surface area contributed by atoms with E-state index in [2.05, 4.69) is 10.1 Å². The standard InChI is InChI=1S/C10H11N3OS2/c11-7-5-15-4-6(7)10-12-9(13-14-10)8-2-1-3-16-8/h1-3,6-7H,4-5,11H2. The van der Waals surface area contributed by atoms with Crippen LogP contribution in [-0.2, 0) is 0 Å². The van der Waals surface area contributed by atoms with Gasteiger partial charge < -0.3 is 10.3 Å². The summed E-state index contributed by atoms with van der Waals surface area (Å²) in [5.74, 6) is 3.52. The summed E-state index contributed by atoms with van der Waals surface area (Å²) in [7, 11) is 0. The maximum absolute atomic E-state index is 5.99. The summed E-state index contributed by atoms with van der Waals surface area (Å²) in [4.78, 5) is 5.46. The smallest absolute Gasteiger partial charge is 0.232 e. The van der Waals surface area contributed by atoms with Crippen LogP contribution in [0.4, 0.5) is 0 Å².